The number of rotatable bonds is 15. The van der Waals surface area contributed by atoms with Gasteiger partial charge in [0.25, 0.3) is 0 Å². The first-order valence-electron chi connectivity index (χ1n) is 15.1. The van der Waals surface area contributed by atoms with Crippen molar-refractivity contribution in [3.8, 4) is 0 Å². The first-order valence-corrected chi connectivity index (χ1v) is 15.1. The third-order valence-corrected chi connectivity index (χ3v) is 7.73. The first kappa shape index (κ1) is 29.7. The van der Waals surface area contributed by atoms with Gasteiger partial charge in [-0.2, -0.15) is 0 Å². The zero-order valence-corrected chi connectivity index (χ0v) is 24.7. The fourth-order valence-electron chi connectivity index (χ4n) is 5.08. The monoisotopic (exact) mass is 506 g/mol. The lowest BCUT2D eigenvalue weighted by Gasteiger charge is -2.21. The maximum absolute atomic E-state index is 2.51. The molecule has 3 rings (SSSR count). The number of allylic oxidation sites excluding steroid dienone is 1. The summed E-state index contributed by atoms with van der Waals surface area (Å²) in [6, 6.07) is 24.7. The molecule has 0 fully saturated rings. The fourth-order valence-corrected chi connectivity index (χ4v) is 5.08. The summed E-state index contributed by atoms with van der Waals surface area (Å²) in [5.41, 5.74) is 9.70. The summed E-state index contributed by atoms with van der Waals surface area (Å²) in [4.78, 5) is 0. The predicted octanol–water partition coefficient (Wildman–Crippen LogP) is 11.4. The van der Waals surface area contributed by atoms with Crippen LogP contribution in [-0.4, -0.2) is 0 Å². The number of benzene rings is 3. The van der Waals surface area contributed by atoms with Gasteiger partial charge in [-0.15, -0.1) is 0 Å². The minimum absolute atomic E-state index is 0.00789. The molecular formula is C38H50. The highest BCUT2D eigenvalue weighted by Gasteiger charge is 2.17. The Morgan fingerprint density at radius 3 is 1.71 bits per heavy atom. The highest BCUT2D eigenvalue weighted by atomic mass is 14.2. The molecule has 202 valence electrons. The molecule has 0 unspecified atom stereocenters. The molecule has 0 N–H and O–H groups in total. The molecule has 0 atom stereocenters. The van der Waals surface area contributed by atoms with Crippen molar-refractivity contribution in [1.82, 2.24) is 0 Å². The van der Waals surface area contributed by atoms with Gasteiger partial charge >= 0.3 is 0 Å². The van der Waals surface area contributed by atoms with E-state index in [0.29, 0.717) is 0 Å². The summed E-state index contributed by atoms with van der Waals surface area (Å²) in [6.07, 6.45) is 22.1. The highest BCUT2D eigenvalue weighted by Crippen LogP contribution is 2.29. The van der Waals surface area contributed by atoms with Crippen molar-refractivity contribution in [1.29, 1.82) is 0 Å². The van der Waals surface area contributed by atoms with Gasteiger partial charge in [0.15, 0.2) is 0 Å². The van der Waals surface area contributed by atoms with E-state index in [1.807, 2.05) is 0 Å². The Hall–Kier alpha value is -2.86. The van der Waals surface area contributed by atoms with Crippen molar-refractivity contribution < 1.29 is 0 Å². The molecule has 0 radical (unpaired) electrons. The topological polar surface area (TPSA) is 0 Å². The van der Waals surface area contributed by atoms with E-state index >= 15 is 0 Å². The van der Waals surface area contributed by atoms with Gasteiger partial charge in [-0.25, -0.2) is 0 Å². The molecule has 0 aliphatic rings. The lowest BCUT2D eigenvalue weighted by molar-refractivity contribution is 0.662. The smallest absolute Gasteiger partial charge is 0.00786 e. The van der Waals surface area contributed by atoms with Crippen molar-refractivity contribution in [2.45, 2.75) is 104 Å². The van der Waals surface area contributed by atoms with E-state index in [0.717, 1.165) is 12.8 Å². The molecule has 0 saturated heterocycles. The van der Waals surface area contributed by atoms with Crippen LogP contribution < -0.4 is 0 Å². The fraction of sp³-hybridized carbons (Fsp3) is 0.421. The van der Waals surface area contributed by atoms with Gasteiger partial charge in [-0.3, -0.25) is 0 Å². The largest absolute Gasteiger partial charge is 0.0739 e. The lowest BCUT2D eigenvalue weighted by Crippen LogP contribution is -2.13. The minimum Gasteiger partial charge on any atom is -0.0739 e. The molecular weight excluding hydrogens is 456 g/mol. The van der Waals surface area contributed by atoms with E-state index in [1.54, 1.807) is 0 Å². The molecule has 0 saturated carbocycles. The lowest BCUT2D eigenvalue weighted by atomic mass is 9.83. The molecule has 0 aromatic heterocycles. The van der Waals surface area contributed by atoms with E-state index in [2.05, 4.69) is 126 Å². The van der Waals surface area contributed by atoms with Gasteiger partial charge in [0, 0.05) is 5.41 Å². The van der Waals surface area contributed by atoms with Gasteiger partial charge in [-0.05, 0) is 66.0 Å². The number of aryl methyl sites for hydroxylation is 3. The van der Waals surface area contributed by atoms with Crippen molar-refractivity contribution in [2.75, 3.05) is 0 Å². The predicted molar refractivity (Wildman–Crippen MR) is 171 cm³/mol. The molecule has 0 heteroatoms. The first-order chi connectivity index (χ1) is 18.4. The van der Waals surface area contributed by atoms with E-state index in [4.69, 9.17) is 0 Å². The molecule has 38 heavy (non-hydrogen) atoms. The summed E-state index contributed by atoms with van der Waals surface area (Å²) in [5, 5.41) is 0. The normalized spacial score (nSPS) is 12.1. The van der Waals surface area contributed by atoms with Crippen LogP contribution >= 0.6 is 0 Å². The second-order valence-electron chi connectivity index (χ2n) is 11.5. The SMILES string of the molecule is CCCCCCc1cc(/C=C/c2ccc(C)cc2)c(CCCCCC)cc1/C=C\C(C)(C)c1ccccc1. The van der Waals surface area contributed by atoms with Crippen LogP contribution in [0.4, 0.5) is 0 Å². The molecule has 0 amide bonds. The van der Waals surface area contributed by atoms with Gasteiger partial charge in [0.1, 0.15) is 0 Å². The second-order valence-corrected chi connectivity index (χ2v) is 11.5. The molecule has 3 aromatic carbocycles. The van der Waals surface area contributed by atoms with Crippen molar-refractivity contribution in [3.05, 3.63) is 112 Å². The molecule has 0 heterocycles. The van der Waals surface area contributed by atoms with E-state index in [1.165, 1.54) is 90.3 Å². The Morgan fingerprint density at radius 1 is 0.605 bits per heavy atom. The van der Waals surface area contributed by atoms with E-state index in [9.17, 15) is 0 Å². The Morgan fingerprint density at radius 2 is 1.16 bits per heavy atom. The van der Waals surface area contributed by atoms with Crippen molar-refractivity contribution in [3.63, 3.8) is 0 Å². The molecule has 3 aromatic rings. The maximum Gasteiger partial charge on any atom is 0.00786 e. The third-order valence-electron chi connectivity index (χ3n) is 7.73. The summed E-state index contributed by atoms with van der Waals surface area (Å²) >= 11 is 0. The summed E-state index contributed by atoms with van der Waals surface area (Å²) in [6.45, 7) is 11.4. The van der Waals surface area contributed by atoms with Crippen LogP contribution in [0.1, 0.15) is 118 Å². The van der Waals surface area contributed by atoms with Crippen molar-refractivity contribution in [2.24, 2.45) is 0 Å². The van der Waals surface area contributed by atoms with Gasteiger partial charge in [0.05, 0.1) is 0 Å². The van der Waals surface area contributed by atoms with Crippen molar-refractivity contribution >= 4 is 18.2 Å². The number of hydrogen-bond acceptors (Lipinski definition) is 0. The second kappa shape index (κ2) is 15.5. The number of hydrogen-bond donors (Lipinski definition) is 0. The summed E-state index contributed by atoms with van der Waals surface area (Å²) in [5.74, 6) is 0. The Kier molecular flexibility index (Phi) is 12.1. The number of unbranched alkanes of at least 4 members (excludes halogenated alkanes) is 6. The molecule has 0 nitrogen and oxygen atoms in total. The zero-order valence-electron chi connectivity index (χ0n) is 24.7. The summed E-state index contributed by atoms with van der Waals surface area (Å²) in [7, 11) is 0. The Balaban J connectivity index is 1.98. The third kappa shape index (κ3) is 9.46. The van der Waals surface area contributed by atoms with Gasteiger partial charge < -0.3 is 0 Å². The molecule has 0 bridgehead atoms. The quantitative estimate of drug-likeness (QED) is 0.142. The van der Waals surface area contributed by atoms with Crippen LogP contribution in [0.2, 0.25) is 0 Å². The van der Waals surface area contributed by atoms with E-state index in [-0.39, 0.29) is 5.41 Å². The molecule has 0 aliphatic carbocycles. The van der Waals surface area contributed by atoms with Crippen LogP contribution in [-0.2, 0) is 18.3 Å². The van der Waals surface area contributed by atoms with Crippen LogP contribution in [0.5, 0.6) is 0 Å². The minimum atomic E-state index is -0.00789. The Labute approximate surface area is 233 Å². The van der Waals surface area contributed by atoms with E-state index < -0.39 is 0 Å². The van der Waals surface area contributed by atoms with Crippen LogP contribution in [0, 0.1) is 6.92 Å². The average molecular weight is 507 g/mol. The molecule has 0 aliphatic heterocycles. The standard InChI is InChI=1S/C38H50/c1-6-8-10-13-17-33-30-36(27-28-38(4,5)37-19-15-12-16-20-37)34(18-14-11-9-7-2)29-35(33)26-25-32-23-21-31(3)22-24-32/h12,15-16,19-30H,6-11,13-14,17-18H2,1-5H3/b26-25+,28-27-. The van der Waals surface area contributed by atoms with Crippen LogP contribution in [0.15, 0.2) is 72.8 Å². The summed E-state index contributed by atoms with van der Waals surface area (Å²) < 4.78 is 0. The Bertz CT molecular complexity index is 1140. The van der Waals surface area contributed by atoms with Gasteiger partial charge in [0.2, 0.25) is 0 Å². The zero-order chi connectivity index (χ0) is 27.2. The highest BCUT2D eigenvalue weighted by molar-refractivity contribution is 5.73. The maximum atomic E-state index is 2.51. The van der Waals surface area contributed by atoms with Crippen LogP contribution in [0.25, 0.3) is 18.2 Å². The van der Waals surface area contributed by atoms with Crippen LogP contribution in [0.3, 0.4) is 0 Å². The molecule has 0 spiro atoms. The average Bonchev–Trinajstić information content (AvgIpc) is 2.93. The van der Waals surface area contributed by atoms with Gasteiger partial charge in [-0.1, -0.05) is 163 Å².